The van der Waals surface area contributed by atoms with Crippen LogP contribution in [0.3, 0.4) is 0 Å². The highest BCUT2D eigenvalue weighted by molar-refractivity contribution is 5.88. The molecule has 0 spiro atoms. The number of aromatic carboxylic acids is 1. The molecule has 2 aromatic rings. The van der Waals surface area contributed by atoms with Gasteiger partial charge in [0.05, 0.1) is 12.1 Å². The molecule has 1 heterocycles. The molecule has 0 unspecified atom stereocenters. The number of carboxylic acids is 1. The summed E-state index contributed by atoms with van der Waals surface area (Å²) in [6.45, 7) is 0.216. The highest BCUT2D eigenvalue weighted by Gasteiger charge is 2.08. The normalized spacial score (nSPS) is 9.39. The molecule has 2 N–H and O–H groups in total. The first-order valence-electron chi connectivity index (χ1n) is 6.78. The fraction of sp³-hybridized carbons (Fsp3) is 0.118. The molecule has 0 fully saturated rings. The second-order valence-corrected chi connectivity index (χ2v) is 4.42. The van der Waals surface area contributed by atoms with Crippen molar-refractivity contribution in [2.24, 2.45) is 0 Å². The molecule has 6 heteroatoms. The van der Waals surface area contributed by atoms with E-state index in [1.165, 1.54) is 6.20 Å². The zero-order chi connectivity index (χ0) is 16.5. The standard InChI is InChI=1S/C17H14N2O4/c20-16(21)15-14(8-4-10-18-15)9-5-11-19-17(22)23-12-13-6-2-1-3-7-13/h1-4,6-8,10H,11-12H2,(H,19,22)(H,20,21). The van der Waals surface area contributed by atoms with Gasteiger partial charge in [0.15, 0.2) is 5.69 Å². The molecular formula is C17H14N2O4. The average Bonchev–Trinajstić information content (AvgIpc) is 2.58. The number of carboxylic acid groups (broad SMARTS) is 1. The lowest BCUT2D eigenvalue weighted by atomic mass is 10.2. The highest BCUT2D eigenvalue weighted by Crippen LogP contribution is 2.03. The first kappa shape index (κ1) is 16.0. The SMILES string of the molecule is O=C(NCC#Cc1cccnc1C(=O)O)OCc1ccccc1. The Hall–Kier alpha value is -3.33. The van der Waals surface area contributed by atoms with E-state index >= 15 is 0 Å². The average molecular weight is 310 g/mol. The van der Waals surface area contributed by atoms with Crippen LogP contribution in [0.4, 0.5) is 4.79 Å². The third-order valence-corrected chi connectivity index (χ3v) is 2.77. The smallest absolute Gasteiger partial charge is 0.408 e. The number of hydrogen-bond acceptors (Lipinski definition) is 4. The van der Waals surface area contributed by atoms with Gasteiger partial charge >= 0.3 is 12.1 Å². The van der Waals surface area contributed by atoms with Crippen molar-refractivity contribution < 1.29 is 19.4 Å². The molecule has 0 aliphatic rings. The maximum absolute atomic E-state index is 11.5. The molecule has 23 heavy (non-hydrogen) atoms. The number of nitrogens with zero attached hydrogens (tertiary/aromatic N) is 1. The number of carbonyl (C=O) groups is 2. The van der Waals surface area contributed by atoms with Gasteiger partial charge in [0.25, 0.3) is 0 Å². The number of ether oxygens (including phenoxy) is 1. The lowest BCUT2D eigenvalue weighted by Crippen LogP contribution is -2.24. The van der Waals surface area contributed by atoms with Gasteiger partial charge in [-0.05, 0) is 17.7 Å². The molecule has 0 bridgehead atoms. The van der Waals surface area contributed by atoms with Crippen LogP contribution in [0, 0.1) is 11.8 Å². The number of carbonyl (C=O) groups excluding carboxylic acids is 1. The number of benzene rings is 1. The van der Waals surface area contributed by atoms with E-state index in [9.17, 15) is 9.59 Å². The summed E-state index contributed by atoms with van der Waals surface area (Å²) in [7, 11) is 0. The Kier molecular flexibility index (Phi) is 5.72. The first-order chi connectivity index (χ1) is 11.2. The fourth-order valence-corrected chi connectivity index (χ4v) is 1.71. The van der Waals surface area contributed by atoms with Crippen LogP contribution >= 0.6 is 0 Å². The Bertz CT molecular complexity index is 748. The summed E-state index contributed by atoms with van der Waals surface area (Å²) in [5.74, 6) is 4.17. The van der Waals surface area contributed by atoms with Crippen molar-refractivity contribution in [2.45, 2.75) is 6.61 Å². The van der Waals surface area contributed by atoms with Crippen molar-refractivity contribution in [1.82, 2.24) is 10.3 Å². The van der Waals surface area contributed by atoms with Crippen molar-refractivity contribution in [3.05, 3.63) is 65.5 Å². The van der Waals surface area contributed by atoms with Crippen LogP contribution in [0.25, 0.3) is 0 Å². The van der Waals surface area contributed by atoms with Gasteiger partial charge in [0.1, 0.15) is 6.61 Å². The van der Waals surface area contributed by atoms with Crippen LogP contribution in [-0.2, 0) is 11.3 Å². The van der Waals surface area contributed by atoms with Crippen molar-refractivity contribution in [1.29, 1.82) is 0 Å². The maximum atomic E-state index is 11.5. The Morgan fingerprint density at radius 3 is 2.70 bits per heavy atom. The van der Waals surface area contributed by atoms with Gasteiger partial charge in [-0.15, -0.1) is 0 Å². The van der Waals surface area contributed by atoms with E-state index in [4.69, 9.17) is 9.84 Å². The summed E-state index contributed by atoms with van der Waals surface area (Å²) in [4.78, 5) is 26.2. The minimum atomic E-state index is -1.15. The van der Waals surface area contributed by atoms with Crippen LogP contribution in [0.2, 0.25) is 0 Å². The summed E-state index contributed by atoms with van der Waals surface area (Å²) in [5, 5.41) is 11.4. The summed E-state index contributed by atoms with van der Waals surface area (Å²) in [6, 6.07) is 12.4. The van der Waals surface area contributed by atoms with Crippen molar-refractivity contribution in [3.8, 4) is 11.8 Å². The number of rotatable bonds is 4. The molecular weight excluding hydrogens is 296 g/mol. The number of nitrogens with one attached hydrogen (secondary N) is 1. The van der Waals surface area contributed by atoms with Gasteiger partial charge < -0.3 is 15.2 Å². The van der Waals surface area contributed by atoms with E-state index in [0.29, 0.717) is 5.56 Å². The Balaban J connectivity index is 1.81. The molecule has 0 aliphatic heterocycles. The zero-order valence-electron chi connectivity index (χ0n) is 12.2. The summed E-state index contributed by atoms with van der Waals surface area (Å²) in [6.07, 6.45) is 0.793. The molecule has 2 rings (SSSR count). The summed E-state index contributed by atoms with van der Waals surface area (Å²) >= 11 is 0. The minimum absolute atomic E-state index is 0.0432. The molecule has 1 aromatic carbocycles. The minimum Gasteiger partial charge on any atom is -0.476 e. The van der Waals surface area contributed by atoms with E-state index < -0.39 is 12.1 Å². The van der Waals surface area contributed by atoms with E-state index in [1.54, 1.807) is 12.1 Å². The summed E-state index contributed by atoms with van der Waals surface area (Å²) < 4.78 is 5.02. The van der Waals surface area contributed by atoms with E-state index in [0.717, 1.165) is 5.56 Å². The molecule has 116 valence electrons. The van der Waals surface area contributed by atoms with Crippen LogP contribution < -0.4 is 5.32 Å². The van der Waals surface area contributed by atoms with Crippen molar-refractivity contribution in [3.63, 3.8) is 0 Å². The largest absolute Gasteiger partial charge is 0.476 e. The van der Waals surface area contributed by atoms with Crippen molar-refractivity contribution in [2.75, 3.05) is 6.54 Å². The molecule has 0 atom stereocenters. The second kappa shape index (κ2) is 8.20. The van der Waals surface area contributed by atoms with Gasteiger partial charge in [-0.1, -0.05) is 42.2 Å². The summed E-state index contributed by atoms with van der Waals surface area (Å²) in [5.41, 5.74) is 1.06. The lowest BCUT2D eigenvalue weighted by Gasteiger charge is -2.04. The molecule has 0 saturated carbocycles. The molecule has 1 aromatic heterocycles. The third kappa shape index (κ3) is 5.17. The van der Waals surface area contributed by atoms with Gasteiger partial charge in [0.2, 0.25) is 0 Å². The van der Waals surface area contributed by atoms with E-state index in [-0.39, 0.29) is 18.8 Å². The maximum Gasteiger partial charge on any atom is 0.408 e. The van der Waals surface area contributed by atoms with Crippen LogP contribution in [0.1, 0.15) is 21.6 Å². The Morgan fingerprint density at radius 1 is 1.17 bits per heavy atom. The number of alkyl carbamates (subject to hydrolysis) is 1. The fourth-order valence-electron chi connectivity index (χ4n) is 1.71. The molecule has 1 amide bonds. The monoisotopic (exact) mass is 310 g/mol. The van der Waals surface area contributed by atoms with Gasteiger partial charge in [-0.2, -0.15) is 0 Å². The topological polar surface area (TPSA) is 88.5 Å². The number of hydrogen-bond donors (Lipinski definition) is 2. The van der Waals surface area contributed by atoms with Gasteiger partial charge in [0, 0.05) is 6.20 Å². The van der Waals surface area contributed by atoms with Crippen LogP contribution in [0.15, 0.2) is 48.7 Å². The Morgan fingerprint density at radius 2 is 1.96 bits per heavy atom. The van der Waals surface area contributed by atoms with Gasteiger partial charge in [-0.25, -0.2) is 14.6 Å². The second-order valence-electron chi connectivity index (χ2n) is 4.42. The molecule has 0 radical (unpaired) electrons. The van der Waals surface area contributed by atoms with Crippen molar-refractivity contribution >= 4 is 12.1 Å². The third-order valence-electron chi connectivity index (χ3n) is 2.77. The molecule has 0 aliphatic carbocycles. The first-order valence-corrected chi connectivity index (χ1v) is 6.78. The van der Waals surface area contributed by atoms with Crippen LogP contribution in [0.5, 0.6) is 0 Å². The number of pyridine rings is 1. The number of amides is 1. The quantitative estimate of drug-likeness (QED) is 0.844. The molecule has 0 saturated heterocycles. The lowest BCUT2D eigenvalue weighted by molar-refractivity contribution is 0.0690. The van der Waals surface area contributed by atoms with E-state index in [1.807, 2.05) is 30.3 Å². The predicted octanol–water partition coefficient (Wildman–Crippen LogP) is 2.06. The molecule has 6 nitrogen and oxygen atoms in total. The Labute approximate surface area is 133 Å². The predicted molar refractivity (Wildman–Crippen MR) is 82.7 cm³/mol. The van der Waals surface area contributed by atoms with E-state index in [2.05, 4.69) is 22.1 Å². The number of aromatic nitrogens is 1. The van der Waals surface area contributed by atoms with Gasteiger partial charge in [-0.3, -0.25) is 0 Å². The highest BCUT2D eigenvalue weighted by atomic mass is 16.5. The zero-order valence-corrected chi connectivity index (χ0v) is 12.2. The van der Waals surface area contributed by atoms with Crippen LogP contribution in [-0.4, -0.2) is 28.7 Å².